The topological polar surface area (TPSA) is 55.1 Å². The summed E-state index contributed by atoms with van der Waals surface area (Å²) in [6.07, 6.45) is 8.83. The summed E-state index contributed by atoms with van der Waals surface area (Å²) in [5, 5.41) is 3.10. The van der Waals surface area contributed by atoms with E-state index in [1.807, 2.05) is 0 Å². The highest BCUT2D eigenvalue weighted by atomic mass is 16.2. The summed E-state index contributed by atoms with van der Waals surface area (Å²) in [5.41, 5.74) is 5.39. The monoisotopic (exact) mass is 226 g/mol. The fourth-order valence-corrected chi connectivity index (χ4v) is 2.63. The minimum absolute atomic E-state index is 0.0339. The molecule has 0 aromatic carbocycles. The molecule has 1 aliphatic rings. The van der Waals surface area contributed by atoms with Gasteiger partial charge in [0.05, 0.1) is 0 Å². The van der Waals surface area contributed by atoms with E-state index in [0.717, 1.165) is 51.6 Å². The molecule has 1 amide bonds. The normalized spacial score (nSPS) is 18.6. The van der Waals surface area contributed by atoms with Crippen LogP contribution in [-0.4, -0.2) is 19.0 Å². The molecule has 3 heteroatoms. The van der Waals surface area contributed by atoms with Crippen LogP contribution in [0.15, 0.2) is 0 Å². The SMILES string of the molecule is CCC1(C(=O)NCCCCCN)CCCC1. The van der Waals surface area contributed by atoms with Crippen LogP contribution < -0.4 is 11.1 Å². The van der Waals surface area contributed by atoms with Gasteiger partial charge in [0.15, 0.2) is 0 Å². The van der Waals surface area contributed by atoms with Crippen LogP contribution in [0.4, 0.5) is 0 Å². The minimum Gasteiger partial charge on any atom is -0.356 e. The van der Waals surface area contributed by atoms with Crippen molar-refractivity contribution in [1.82, 2.24) is 5.32 Å². The van der Waals surface area contributed by atoms with Crippen molar-refractivity contribution < 1.29 is 4.79 Å². The van der Waals surface area contributed by atoms with Crippen LogP contribution in [0, 0.1) is 5.41 Å². The van der Waals surface area contributed by atoms with E-state index in [2.05, 4.69) is 12.2 Å². The van der Waals surface area contributed by atoms with E-state index >= 15 is 0 Å². The van der Waals surface area contributed by atoms with Crippen LogP contribution in [-0.2, 0) is 4.79 Å². The Balaban J connectivity index is 2.22. The fourth-order valence-electron chi connectivity index (χ4n) is 2.63. The number of amides is 1. The van der Waals surface area contributed by atoms with Crippen molar-refractivity contribution in [2.75, 3.05) is 13.1 Å². The highest BCUT2D eigenvalue weighted by molar-refractivity contribution is 5.82. The highest BCUT2D eigenvalue weighted by Gasteiger charge is 2.38. The van der Waals surface area contributed by atoms with Crippen LogP contribution in [0.3, 0.4) is 0 Å². The first-order valence-corrected chi connectivity index (χ1v) is 6.73. The second kappa shape index (κ2) is 6.89. The molecule has 3 nitrogen and oxygen atoms in total. The minimum atomic E-state index is -0.0339. The molecule has 0 aromatic rings. The zero-order chi connectivity index (χ0) is 11.9. The molecule has 0 unspecified atom stereocenters. The van der Waals surface area contributed by atoms with E-state index < -0.39 is 0 Å². The summed E-state index contributed by atoms with van der Waals surface area (Å²) >= 11 is 0. The number of hydrogen-bond donors (Lipinski definition) is 2. The van der Waals surface area contributed by atoms with Gasteiger partial charge in [-0.1, -0.05) is 26.2 Å². The van der Waals surface area contributed by atoms with Crippen LogP contribution in [0.2, 0.25) is 0 Å². The average molecular weight is 226 g/mol. The van der Waals surface area contributed by atoms with Crippen LogP contribution in [0.5, 0.6) is 0 Å². The first kappa shape index (κ1) is 13.5. The number of nitrogens with two attached hydrogens (primary N) is 1. The molecule has 1 saturated carbocycles. The van der Waals surface area contributed by atoms with E-state index in [1.54, 1.807) is 0 Å². The van der Waals surface area contributed by atoms with Gasteiger partial charge in [-0.2, -0.15) is 0 Å². The maximum absolute atomic E-state index is 12.1. The third kappa shape index (κ3) is 3.48. The first-order chi connectivity index (χ1) is 7.75. The smallest absolute Gasteiger partial charge is 0.226 e. The Morgan fingerprint density at radius 3 is 2.50 bits per heavy atom. The molecule has 16 heavy (non-hydrogen) atoms. The predicted molar refractivity (Wildman–Crippen MR) is 67.1 cm³/mol. The Kier molecular flexibility index (Phi) is 5.81. The van der Waals surface area contributed by atoms with Crippen molar-refractivity contribution in [3.8, 4) is 0 Å². The number of unbranched alkanes of at least 4 members (excludes halogenated alkanes) is 2. The maximum atomic E-state index is 12.1. The van der Waals surface area contributed by atoms with Gasteiger partial charge in [-0.15, -0.1) is 0 Å². The Morgan fingerprint density at radius 1 is 1.25 bits per heavy atom. The first-order valence-electron chi connectivity index (χ1n) is 6.73. The van der Waals surface area contributed by atoms with Gasteiger partial charge in [0.2, 0.25) is 5.91 Å². The second-order valence-corrected chi connectivity index (χ2v) is 4.95. The van der Waals surface area contributed by atoms with Gasteiger partial charge in [-0.25, -0.2) is 0 Å². The summed E-state index contributed by atoms with van der Waals surface area (Å²) in [6.45, 7) is 3.72. The fraction of sp³-hybridized carbons (Fsp3) is 0.923. The molecular weight excluding hydrogens is 200 g/mol. The maximum Gasteiger partial charge on any atom is 0.226 e. The van der Waals surface area contributed by atoms with Crippen molar-refractivity contribution >= 4 is 5.91 Å². The van der Waals surface area contributed by atoms with Crippen LogP contribution in [0.25, 0.3) is 0 Å². The molecule has 3 N–H and O–H groups in total. The molecule has 0 atom stereocenters. The second-order valence-electron chi connectivity index (χ2n) is 4.95. The van der Waals surface area contributed by atoms with Gasteiger partial charge >= 0.3 is 0 Å². The summed E-state index contributed by atoms with van der Waals surface area (Å²) in [6, 6.07) is 0. The van der Waals surface area contributed by atoms with Crippen molar-refractivity contribution in [2.24, 2.45) is 11.1 Å². The summed E-state index contributed by atoms with van der Waals surface area (Å²) in [5.74, 6) is 0.292. The lowest BCUT2D eigenvalue weighted by molar-refractivity contribution is -0.131. The van der Waals surface area contributed by atoms with Gasteiger partial charge in [0.25, 0.3) is 0 Å². The lowest BCUT2D eigenvalue weighted by Gasteiger charge is -2.25. The van der Waals surface area contributed by atoms with Gasteiger partial charge in [0.1, 0.15) is 0 Å². The van der Waals surface area contributed by atoms with Gasteiger partial charge in [-0.05, 0) is 38.6 Å². The molecule has 0 bridgehead atoms. The lowest BCUT2D eigenvalue weighted by Crippen LogP contribution is -2.39. The average Bonchev–Trinajstić information content (AvgIpc) is 2.78. The predicted octanol–water partition coefficient (Wildman–Crippen LogP) is 2.20. The Hall–Kier alpha value is -0.570. The third-order valence-corrected chi connectivity index (χ3v) is 3.89. The summed E-state index contributed by atoms with van der Waals surface area (Å²) in [7, 11) is 0. The van der Waals surface area contributed by atoms with E-state index in [-0.39, 0.29) is 5.41 Å². The van der Waals surface area contributed by atoms with E-state index in [1.165, 1.54) is 12.8 Å². The van der Waals surface area contributed by atoms with E-state index in [4.69, 9.17) is 5.73 Å². The van der Waals surface area contributed by atoms with Gasteiger partial charge < -0.3 is 11.1 Å². The van der Waals surface area contributed by atoms with Crippen molar-refractivity contribution in [1.29, 1.82) is 0 Å². The summed E-state index contributed by atoms with van der Waals surface area (Å²) in [4.78, 5) is 12.1. The molecule has 94 valence electrons. The third-order valence-electron chi connectivity index (χ3n) is 3.89. The van der Waals surface area contributed by atoms with Crippen LogP contribution in [0.1, 0.15) is 58.3 Å². The molecule has 0 radical (unpaired) electrons. The number of hydrogen-bond acceptors (Lipinski definition) is 2. The standard InChI is InChI=1S/C13H26N2O/c1-2-13(8-4-5-9-13)12(16)15-11-7-3-6-10-14/h2-11,14H2,1H3,(H,15,16). The van der Waals surface area contributed by atoms with Crippen LogP contribution >= 0.6 is 0 Å². The van der Waals surface area contributed by atoms with E-state index in [9.17, 15) is 4.79 Å². The Bertz CT molecular complexity index is 210. The molecule has 1 fully saturated rings. The molecule has 1 aliphatic carbocycles. The van der Waals surface area contributed by atoms with Crippen molar-refractivity contribution in [2.45, 2.75) is 58.3 Å². The quantitative estimate of drug-likeness (QED) is 0.654. The number of rotatable bonds is 7. The molecule has 0 spiro atoms. The van der Waals surface area contributed by atoms with E-state index in [0.29, 0.717) is 5.91 Å². The summed E-state index contributed by atoms with van der Waals surface area (Å²) < 4.78 is 0. The molecule has 0 heterocycles. The Morgan fingerprint density at radius 2 is 1.94 bits per heavy atom. The zero-order valence-electron chi connectivity index (χ0n) is 10.6. The number of nitrogens with one attached hydrogen (secondary N) is 1. The molecule has 1 rings (SSSR count). The molecule has 0 saturated heterocycles. The lowest BCUT2D eigenvalue weighted by atomic mass is 9.82. The molecular formula is C13H26N2O. The van der Waals surface area contributed by atoms with Gasteiger partial charge in [0, 0.05) is 12.0 Å². The zero-order valence-corrected chi connectivity index (χ0v) is 10.6. The highest BCUT2D eigenvalue weighted by Crippen LogP contribution is 2.40. The Labute approximate surface area is 99.2 Å². The number of carbonyl (C=O) groups is 1. The van der Waals surface area contributed by atoms with Crippen molar-refractivity contribution in [3.05, 3.63) is 0 Å². The number of carbonyl (C=O) groups excluding carboxylic acids is 1. The van der Waals surface area contributed by atoms with Crippen molar-refractivity contribution in [3.63, 3.8) is 0 Å². The largest absolute Gasteiger partial charge is 0.356 e. The molecule has 0 aliphatic heterocycles. The molecule has 0 aromatic heterocycles. The van der Waals surface area contributed by atoms with Gasteiger partial charge in [-0.3, -0.25) is 4.79 Å².